The largest absolute Gasteiger partial charge is 0.508 e. The van der Waals surface area contributed by atoms with E-state index in [9.17, 15) is 19.8 Å². The van der Waals surface area contributed by atoms with Crippen molar-refractivity contribution in [1.82, 2.24) is 4.90 Å². The van der Waals surface area contributed by atoms with Crippen molar-refractivity contribution in [2.75, 3.05) is 6.54 Å². The predicted octanol–water partition coefficient (Wildman–Crippen LogP) is -0.0189. The number of amides is 1. The van der Waals surface area contributed by atoms with Gasteiger partial charge < -0.3 is 20.2 Å². The Morgan fingerprint density at radius 1 is 1.37 bits per heavy atom. The average Bonchev–Trinajstić information content (AvgIpc) is 2.71. The van der Waals surface area contributed by atoms with Gasteiger partial charge in [0.05, 0.1) is 12.5 Å². The Balaban J connectivity index is 2.09. The van der Waals surface area contributed by atoms with E-state index < -0.39 is 18.1 Å². The minimum absolute atomic E-state index is 0.00486. The number of hydrogen-bond donors (Lipinski definition) is 3. The first-order valence-corrected chi connectivity index (χ1v) is 5.95. The van der Waals surface area contributed by atoms with Crippen LogP contribution in [0.2, 0.25) is 0 Å². The molecule has 3 N–H and O–H groups in total. The SMILES string of the molecule is O=C(O)[C@@H]1C[C@H](O)CN1C(=O)Cc1cccc(O)c1. The Kier molecular flexibility index (Phi) is 3.71. The number of hydrogen-bond acceptors (Lipinski definition) is 4. The number of aliphatic hydroxyl groups is 1. The van der Waals surface area contributed by atoms with Gasteiger partial charge in [-0.1, -0.05) is 12.1 Å². The Morgan fingerprint density at radius 2 is 2.11 bits per heavy atom. The molecule has 0 spiro atoms. The summed E-state index contributed by atoms with van der Waals surface area (Å²) in [5.74, 6) is -1.42. The van der Waals surface area contributed by atoms with Gasteiger partial charge in [0.15, 0.2) is 0 Å². The van der Waals surface area contributed by atoms with Crippen LogP contribution < -0.4 is 0 Å². The number of carboxylic acid groups (broad SMARTS) is 1. The van der Waals surface area contributed by atoms with Gasteiger partial charge in [0.1, 0.15) is 11.8 Å². The van der Waals surface area contributed by atoms with Gasteiger partial charge in [-0.05, 0) is 17.7 Å². The predicted molar refractivity (Wildman–Crippen MR) is 65.6 cm³/mol. The molecule has 1 aromatic carbocycles. The summed E-state index contributed by atoms with van der Waals surface area (Å²) < 4.78 is 0. The lowest BCUT2D eigenvalue weighted by molar-refractivity contribution is -0.148. The average molecular weight is 265 g/mol. The molecule has 19 heavy (non-hydrogen) atoms. The Hall–Kier alpha value is -2.08. The van der Waals surface area contributed by atoms with Crippen LogP contribution in [0, 0.1) is 0 Å². The molecule has 6 nitrogen and oxygen atoms in total. The van der Waals surface area contributed by atoms with Crippen molar-refractivity contribution in [2.45, 2.75) is 25.0 Å². The third kappa shape index (κ3) is 3.03. The summed E-state index contributed by atoms with van der Waals surface area (Å²) >= 11 is 0. The minimum Gasteiger partial charge on any atom is -0.508 e. The van der Waals surface area contributed by atoms with Gasteiger partial charge in [-0.25, -0.2) is 4.79 Å². The number of likely N-dealkylation sites (tertiary alicyclic amines) is 1. The van der Waals surface area contributed by atoms with E-state index in [1.54, 1.807) is 12.1 Å². The zero-order chi connectivity index (χ0) is 14.0. The van der Waals surface area contributed by atoms with Crippen LogP contribution in [0.15, 0.2) is 24.3 Å². The molecule has 1 aliphatic heterocycles. The molecule has 2 atom stereocenters. The summed E-state index contributed by atoms with van der Waals surface area (Å²) in [4.78, 5) is 24.3. The number of carbonyl (C=O) groups excluding carboxylic acids is 1. The summed E-state index contributed by atoms with van der Waals surface area (Å²) in [5, 5.41) is 27.8. The molecule has 1 heterocycles. The van der Waals surface area contributed by atoms with E-state index in [0.717, 1.165) is 0 Å². The molecular weight excluding hydrogens is 250 g/mol. The number of aromatic hydroxyl groups is 1. The van der Waals surface area contributed by atoms with Gasteiger partial charge in [-0.3, -0.25) is 4.79 Å². The number of phenolic OH excluding ortho intramolecular Hbond substituents is 1. The Labute approximate surface area is 109 Å². The number of carbonyl (C=O) groups is 2. The fourth-order valence-electron chi connectivity index (χ4n) is 2.27. The summed E-state index contributed by atoms with van der Waals surface area (Å²) in [7, 11) is 0. The van der Waals surface area contributed by atoms with E-state index in [1.165, 1.54) is 17.0 Å². The fourth-order valence-corrected chi connectivity index (χ4v) is 2.27. The van der Waals surface area contributed by atoms with E-state index >= 15 is 0 Å². The maximum atomic E-state index is 12.1. The molecule has 0 aromatic heterocycles. The zero-order valence-corrected chi connectivity index (χ0v) is 10.2. The molecule has 1 saturated heterocycles. The molecule has 102 valence electrons. The van der Waals surface area contributed by atoms with E-state index in [-0.39, 0.29) is 31.0 Å². The molecular formula is C13H15NO5. The first-order valence-electron chi connectivity index (χ1n) is 5.95. The van der Waals surface area contributed by atoms with E-state index in [0.29, 0.717) is 5.56 Å². The summed E-state index contributed by atoms with van der Waals surface area (Å²) in [6, 6.07) is 5.28. The normalized spacial score (nSPS) is 22.5. The van der Waals surface area contributed by atoms with Crippen molar-refractivity contribution in [3.05, 3.63) is 29.8 Å². The van der Waals surface area contributed by atoms with E-state index in [2.05, 4.69) is 0 Å². The van der Waals surface area contributed by atoms with Gasteiger partial charge in [0.2, 0.25) is 5.91 Å². The van der Waals surface area contributed by atoms with Gasteiger partial charge in [0.25, 0.3) is 0 Å². The molecule has 0 aliphatic carbocycles. The molecule has 1 amide bonds. The molecule has 1 fully saturated rings. The second-order valence-electron chi connectivity index (χ2n) is 4.64. The molecule has 2 rings (SSSR count). The zero-order valence-electron chi connectivity index (χ0n) is 10.2. The number of nitrogens with zero attached hydrogens (tertiary/aromatic N) is 1. The third-order valence-electron chi connectivity index (χ3n) is 3.15. The first-order chi connectivity index (χ1) is 8.97. The van der Waals surface area contributed by atoms with Crippen molar-refractivity contribution >= 4 is 11.9 Å². The fraction of sp³-hybridized carbons (Fsp3) is 0.385. The minimum atomic E-state index is -1.11. The molecule has 0 bridgehead atoms. The monoisotopic (exact) mass is 265 g/mol. The summed E-state index contributed by atoms with van der Waals surface area (Å²) in [5.41, 5.74) is 0.607. The highest BCUT2D eigenvalue weighted by molar-refractivity contribution is 5.85. The second kappa shape index (κ2) is 5.27. The molecule has 6 heteroatoms. The van der Waals surface area contributed by atoms with Crippen LogP contribution in [0.25, 0.3) is 0 Å². The van der Waals surface area contributed by atoms with Gasteiger partial charge in [0, 0.05) is 13.0 Å². The molecule has 0 saturated carbocycles. The van der Waals surface area contributed by atoms with Crippen LogP contribution in [-0.2, 0) is 16.0 Å². The number of benzene rings is 1. The lowest BCUT2D eigenvalue weighted by Crippen LogP contribution is -2.41. The number of aliphatic carboxylic acids is 1. The van der Waals surface area contributed by atoms with E-state index in [4.69, 9.17) is 5.11 Å². The summed E-state index contributed by atoms with van der Waals surface area (Å²) in [6.45, 7) is 0.0363. The van der Waals surface area contributed by atoms with Crippen molar-refractivity contribution in [1.29, 1.82) is 0 Å². The van der Waals surface area contributed by atoms with Crippen LogP contribution in [-0.4, -0.2) is 50.8 Å². The maximum absolute atomic E-state index is 12.1. The van der Waals surface area contributed by atoms with Crippen LogP contribution in [0.1, 0.15) is 12.0 Å². The van der Waals surface area contributed by atoms with Crippen LogP contribution in [0.3, 0.4) is 0 Å². The molecule has 0 radical (unpaired) electrons. The highest BCUT2D eigenvalue weighted by atomic mass is 16.4. The summed E-state index contributed by atoms with van der Waals surface area (Å²) in [6.07, 6.45) is -0.735. The van der Waals surface area contributed by atoms with Crippen LogP contribution in [0.5, 0.6) is 5.75 Å². The molecule has 0 unspecified atom stereocenters. The highest BCUT2D eigenvalue weighted by Gasteiger charge is 2.38. The lowest BCUT2D eigenvalue weighted by Gasteiger charge is -2.21. The van der Waals surface area contributed by atoms with Crippen molar-refractivity contribution in [3.8, 4) is 5.75 Å². The lowest BCUT2D eigenvalue weighted by atomic mass is 10.1. The van der Waals surface area contributed by atoms with Gasteiger partial charge >= 0.3 is 5.97 Å². The van der Waals surface area contributed by atoms with Crippen LogP contribution >= 0.6 is 0 Å². The second-order valence-corrected chi connectivity index (χ2v) is 4.64. The van der Waals surface area contributed by atoms with Crippen LogP contribution in [0.4, 0.5) is 0 Å². The van der Waals surface area contributed by atoms with Gasteiger partial charge in [-0.15, -0.1) is 0 Å². The quantitative estimate of drug-likeness (QED) is 0.713. The van der Waals surface area contributed by atoms with Crippen molar-refractivity contribution in [3.63, 3.8) is 0 Å². The number of phenols is 1. The van der Waals surface area contributed by atoms with Gasteiger partial charge in [-0.2, -0.15) is 0 Å². The molecule has 1 aromatic rings. The number of carboxylic acids is 1. The number of β-amino-alcohol motifs (C(OH)–C–C–N with tert-alkyl or cyclic N) is 1. The van der Waals surface area contributed by atoms with Crippen molar-refractivity contribution in [2.24, 2.45) is 0 Å². The topological polar surface area (TPSA) is 98.1 Å². The Morgan fingerprint density at radius 3 is 2.74 bits per heavy atom. The smallest absolute Gasteiger partial charge is 0.326 e. The standard InChI is InChI=1S/C13H15NO5/c15-9-3-1-2-8(4-9)5-12(17)14-7-10(16)6-11(14)13(18)19/h1-4,10-11,15-16H,5-7H2,(H,18,19)/t10-,11-/m0/s1. The van der Waals surface area contributed by atoms with E-state index in [1.807, 2.05) is 0 Å². The highest BCUT2D eigenvalue weighted by Crippen LogP contribution is 2.20. The Bertz CT molecular complexity index is 502. The molecule has 1 aliphatic rings. The third-order valence-corrected chi connectivity index (χ3v) is 3.15. The number of rotatable bonds is 3. The maximum Gasteiger partial charge on any atom is 0.326 e. The number of aliphatic hydroxyl groups excluding tert-OH is 1. The first kappa shape index (κ1) is 13.4. The van der Waals surface area contributed by atoms with Crippen molar-refractivity contribution < 1.29 is 24.9 Å².